The van der Waals surface area contributed by atoms with Gasteiger partial charge in [-0.15, -0.1) is 5.10 Å². The molecule has 0 aliphatic carbocycles. The number of hydrogen-bond donors (Lipinski definition) is 2. The lowest BCUT2D eigenvalue weighted by molar-refractivity contribution is 0.280. The zero-order chi connectivity index (χ0) is 17.1. The van der Waals surface area contributed by atoms with E-state index in [2.05, 4.69) is 15.1 Å². The predicted molar refractivity (Wildman–Crippen MR) is 92.1 cm³/mol. The summed E-state index contributed by atoms with van der Waals surface area (Å²) in [6, 6.07) is 9.87. The van der Waals surface area contributed by atoms with Crippen LogP contribution >= 0.6 is 0 Å². The minimum absolute atomic E-state index is 0.0116. The SMILES string of the molecule is Cc1cccc(-c2nc3nc(C)cc(N(CCO)CCO)n3n2)c1. The fourth-order valence-electron chi connectivity index (χ4n) is 2.68. The molecular formula is C17H21N5O2. The van der Waals surface area contributed by atoms with Gasteiger partial charge in [0.2, 0.25) is 0 Å². The number of aliphatic hydroxyl groups excluding tert-OH is 2. The molecule has 0 atom stereocenters. The van der Waals surface area contributed by atoms with Crippen molar-refractivity contribution < 1.29 is 10.2 Å². The lowest BCUT2D eigenvalue weighted by atomic mass is 10.1. The molecule has 7 nitrogen and oxygen atoms in total. The average Bonchev–Trinajstić information content (AvgIpc) is 2.98. The predicted octanol–water partition coefficient (Wildman–Crippen LogP) is 1.20. The number of aryl methyl sites for hydroxylation is 2. The Morgan fingerprint density at radius 2 is 1.79 bits per heavy atom. The summed E-state index contributed by atoms with van der Waals surface area (Å²) in [6.45, 7) is 4.69. The van der Waals surface area contributed by atoms with Crippen LogP contribution in [0, 0.1) is 13.8 Å². The second-order valence-electron chi connectivity index (χ2n) is 5.71. The zero-order valence-corrected chi connectivity index (χ0v) is 13.8. The van der Waals surface area contributed by atoms with E-state index in [-0.39, 0.29) is 13.2 Å². The summed E-state index contributed by atoms with van der Waals surface area (Å²) in [4.78, 5) is 10.9. The van der Waals surface area contributed by atoms with E-state index in [4.69, 9.17) is 0 Å². The van der Waals surface area contributed by atoms with Gasteiger partial charge in [0.15, 0.2) is 5.82 Å². The van der Waals surface area contributed by atoms with Crippen LogP contribution in [0.4, 0.5) is 5.82 Å². The van der Waals surface area contributed by atoms with Crippen LogP contribution in [0.1, 0.15) is 11.3 Å². The number of fused-ring (bicyclic) bond motifs is 1. The molecule has 0 spiro atoms. The van der Waals surface area contributed by atoms with Crippen LogP contribution in [0.3, 0.4) is 0 Å². The van der Waals surface area contributed by atoms with Gasteiger partial charge >= 0.3 is 0 Å². The topological polar surface area (TPSA) is 86.8 Å². The average molecular weight is 327 g/mol. The molecule has 0 fully saturated rings. The van der Waals surface area contributed by atoms with E-state index in [9.17, 15) is 10.2 Å². The largest absolute Gasteiger partial charge is 0.395 e. The van der Waals surface area contributed by atoms with Crippen LogP contribution in [-0.2, 0) is 0 Å². The molecule has 7 heteroatoms. The molecule has 126 valence electrons. The van der Waals surface area contributed by atoms with Gasteiger partial charge in [-0.1, -0.05) is 23.8 Å². The van der Waals surface area contributed by atoms with Crippen molar-refractivity contribution in [3.05, 3.63) is 41.6 Å². The number of benzene rings is 1. The Morgan fingerprint density at radius 1 is 1.04 bits per heavy atom. The number of nitrogens with zero attached hydrogens (tertiary/aromatic N) is 5. The summed E-state index contributed by atoms with van der Waals surface area (Å²) in [5.41, 5.74) is 2.87. The summed E-state index contributed by atoms with van der Waals surface area (Å²) < 4.78 is 1.66. The lowest BCUT2D eigenvalue weighted by Gasteiger charge is -2.23. The standard InChI is InChI=1S/C17H21N5O2/c1-12-4-3-5-14(10-12)16-19-17-18-13(2)11-15(22(17)20-16)21(6-8-23)7-9-24/h3-5,10-11,23-24H,6-9H2,1-2H3. The van der Waals surface area contributed by atoms with Gasteiger partial charge in [-0.2, -0.15) is 9.50 Å². The molecular weight excluding hydrogens is 306 g/mol. The second kappa shape index (κ2) is 6.94. The normalized spacial score (nSPS) is 11.2. The first kappa shape index (κ1) is 16.4. The molecule has 2 N–H and O–H groups in total. The van der Waals surface area contributed by atoms with Gasteiger partial charge in [-0.05, 0) is 19.9 Å². The first-order valence-electron chi connectivity index (χ1n) is 7.90. The Balaban J connectivity index is 2.13. The number of hydrogen-bond acceptors (Lipinski definition) is 6. The lowest BCUT2D eigenvalue weighted by Crippen LogP contribution is -2.31. The Bertz CT molecular complexity index is 840. The highest BCUT2D eigenvalue weighted by Gasteiger charge is 2.16. The molecule has 0 aliphatic rings. The molecule has 0 amide bonds. The molecule has 3 aromatic rings. The van der Waals surface area contributed by atoms with Crippen molar-refractivity contribution in [2.45, 2.75) is 13.8 Å². The van der Waals surface area contributed by atoms with Crippen LogP contribution in [0.25, 0.3) is 17.2 Å². The van der Waals surface area contributed by atoms with E-state index < -0.39 is 0 Å². The van der Waals surface area contributed by atoms with Gasteiger partial charge in [0.25, 0.3) is 5.78 Å². The van der Waals surface area contributed by atoms with Gasteiger partial charge in [-0.25, -0.2) is 4.98 Å². The van der Waals surface area contributed by atoms with Crippen molar-refractivity contribution in [1.29, 1.82) is 0 Å². The third-order valence-corrected chi connectivity index (χ3v) is 3.76. The van der Waals surface area contributed by atoms with E-state index >= 15 is 0 Å². The molecule has 0 unspecified atom stereocenters. The summed E-state index contributed by atoms with van der Waals surface area (Å²) in [5.74, 6) is 1.86. The maximum absolute atomic E-state index is 9.30. The minimum atomic E-state index is -0.0116. The molecule has 24 heavy (non-hydrogen) atoms. The Morgan fingerprint density at radius 3 is 2.46 bits per heavy atom. The van der Waals surface area contributed by atoms with Gasteiger partial charge < -0.3 is 15.1 Å². The van der Waals surface area contributed by atoms with Crippen molar-refractivity contribution in [2.75, 3.05) is 31.2 Å². The van der Waals surface area contributed by atoms with Crippen LogP contribution in [0.15, 0.2) is 30.3 Å². The van der Waals surface area contributed by atoms with Crippen molar-refractivity contribution in [1.82, 2.24) is 19.6 Å². The number of aromatic nitrogens is 4. The molecule has 0 saturated heterocycles. The molecule has 2 aromatic heterocycles. The molecule has 0 bridgehead atoms. The van der Waals surface area contributed by atoms with Crippen LogP contribution < -0.4 is 4.90 Å². The van der Waals surface area contributed by atoms with E-state index in [1.54, 1.807) is 4.52 Å². The maximum atomic E-state index is 9.30. The van der Waals surface area contributed by atoms with Crippen molar-refractivity contribution in [3.63, 3.8) is 0 Å². The Labute approximate surface area is 140 Å². The van der Waals surface area contributed by atoms with E-state index in [1.807, 2.05) is 49.1 Å². The molecule has 3 rings (SSSR count). The van der Waals surface area contributed by atoms with Gasteiger partial charge in [0.05, 0.1) is 13.2 Å². The Hall–Kier alpha value is -2.51. The summed E-state index contributed by atoms with van der Waals surface area (Å²) in [6.07, 6.45) is 0. The quantitative estimate of drug-likeness (QED) is 0.707. The van der Waals surface area contributed by atoms with Crippen molar-refractivity contribution >= 4 is 11.6 Å². The van der Waals surface area contributed by atoms with Gasteiger partial charge in [0.1, 0.15) is 5.82 Å². The molecule has 0 saturated carbocycles. The van der Waals surface area contributed by atoms with Crippen molar-refractivity contribution in [3.8, 4) is 11.4 Å². The van der Waals surface area contributed by atoms with Gasteiger partial charge in [-0.3, -0.25) is 0 Å². The second-order valence-corrected chi connectivity index (χ2v) is 5.71. The summed E-state index contributed by atoms with van der Waals surface area (Å²) in [7, 11) is 0. The smallest absolute Gasteiger partial charge is 0.254 e. The van der Waals surface area contributed by atoms with E-state index in [1.165, 1.54) is 0 Å². The Kier molecular flexibility index (Phi) is 4.73. The highest BCUT2D eigenvalue weighted by molar-refractivity contribution is 5.59. The van der Waals surface area contributed by atoms with E-state index in [0.29, 0.717) is 24.7 Å². The number of anilines is 1. The minimum Gasteiger partial charge on any atom is -0.395 e. The highest BCUT2D eigenvalue weighted by Crippen LogP contribution is 2.21. The fraction of sp³-hybridized carbons (Fsp3) is 0.353. The molecule has 1 aromatic carbocycles. The first-order valence-corrected chi connectivity index (χ1v) is 7.90. The molecule has 2 heterocycles. The zero-order valence-electron chi connectivity index (χ0n) is 13.8. The summed E-state index contributed by atoms with van der Waals surface area (Å²) in [5, 5.41) is 23.2. The molecule has 0 aliphatic heterocycles. The molecule has 0 radical (unpaired) electrons. The van der Waals surface area contributed by atoms with E-state index in [0.717, 1.165) is 22.6 Å². The maximum Gasteiger partial charge on any atom is 0.254 e. The van der Waals surface area contributed by atoms with Crippen molar-refractivity contribution in [2.24, 2.45) is 0 Å². The summed E-state index contributed by atoms with van der Waals surface area (Å²) >= 11 is 0. The third-order valence-electron chi connectivity index (χ3n) is 3.76. The van der Waals surface area contributed by atoms with Crippen LogP contribution in [0.5, 0.6) is 0 Å². The third kappa shape index (κ3) is 3.22. The van der Waals surface area contributed by atoms with Crippen LogP contribution in [-0.4, -0.2) is 56.1 Å². The first-order chi connectivity index (χ1) is 11.6. The number of aliphatic hydroxyl groups is 2. The number of rotatable bonds is 6. The monoisotopic (exact) mass is 327 g/mol. The highest BCUT2D eigenvalue weighted by atomic mass is 16.3. The fourth-order valence-corrected chi connectivity index (χ4v) is 2.68. The van der Waals surface area contributed by atoms with Crippen LogP contribution in [0.2, 0.25) is 0 Å². The van der Waals surface area contributed by atoms with Gasteiger partial charge in [0, 0.05) is 30.4 Å².